The summed E-state index contributed by atoms with van der Waals surface area (Å²) in [5.41, 5.74) is 7.46. The maximum atomic E-state index is 3.58. The van der Waals surface area contributed by atoms with Gasteiger partial charge in [-0.1, -0.05) is 91.0 Å². The zero-order valence-corrected chi connectivity index (χ0v) is 18.1. The Labute approximate surface area is 189 Å². The van der Waals surface area contributed by atoms with Crippen LogP contribution in [0.4, 0.5) is 0 Å². The number of nitrogens with one attached hydrogen (secondary N) is 1. The molecule has 2 aromatic heterocycles. The van der Waals surface area contributed by atoms with Crippen LogP contribution in [0.25, 0.3) is 64.2 Å². The van der Waals surface area contributed by atoms with Crippen LogP contribution in [0.15, 0.2) is 109 Å². The molecule has 0 aliphatic heterocycles. The molecular weight excluding hydrogens is 406 g/mol. The van der Waals surface area contributed by atoms with Gasteiger partial charge < -0.3 is 4.98 Å². The summed E-state index contributed by atoms with van der Waals surface area (Å²) in [6.45, 7) is 0. The van der Waals surface area contributed by atoms with Gasteiger partial charge in [0.05, 0.1) is 0 Å². The fourth-order valence-electron chi connectivity index (χ4n) is 4.86. The second-order valence-corrected chi connectivity index (χ2v) is 9.34. The van der Waals surface area contributed by atoms with E-state index in [-0.39, 0.29) is 0 Å². The number of rotatable bonds is 2. The van der Waals surface area contributed by atoms with E-state index in [0.29, 0.717) is 0 Å². The minimum Gasteiger partial charge on any atom is -0.354 e. The van der Waals surface area contributed by atoms with Gasteiger partial charge in [-0.3, -0.25) is 0 Å². The standard InChI is InChI=1S/C30H19NS/c1-2-7-19(8-3-1)22-10-6-11-26-25-16-14-21(18-29(25)32-30(22)26)20-13-15-24-23-9-4-5-12-27(23)31-28(24)17-20/h1-18,31H. The Morgan fingerprint density at radius 3 is 2.09 bits per heavy atom. The molecule has 32 heavy (non-hydrogen) atoms. The van der Waals surface area contributed by atoms with Crippen molar-refractivity contribution in [1.82, 2.24) is 4.98 Å². The quantitative estimate of drug-likeness (QED) is 0.284. The predicted octanol–water partition coefficient (Wildman–Crippen LogP) is 9.02. The maximum absolute atomic E-state index is 3.58. The first-order valence-electron chi connectivity index (χ1n) is 10.9. The van der Waals surface area contributed by atoms with Gasteiger partial charge in [0.25, 0.3) is 0 Å². The molecule has 1 N–H and O–H groups in total. The first-order chi connectivity index (χ1) is 15.8. The summed E-state index contributed by atoms with van der Waals surface area (Å²) in [5.74, 6) is 0. The van der Waals surface area contributed by atoms with E-state index in [1.807, 2.05) is 11.3 Å². The van der Waals surface area contributed by atoms with Gasteiger partial charge in [-0.25, -0.2) is 0 Å². The first kappa shape index (κ1) is 17.8. The van der Waals surface area contributed by atoms with E-state index in [2.05, 4.69) is 114 Å². The normalized spacial score (nSPS) is 11.8. The van der Waals surface area contributed by atoms with Gasteiger partial charge in [-0.05, 0) is 40.5 Å². The molecule has 2 heterocycles. The highest BCUT2D eigenvalue weighted by atomic mass is 32.1. The number of fused-ring (bicyclic) bond motifs is 6. The molecule has 150 valence electrons. The zero-order chi connectivity index (χ0) is 21.1. The average Bonchev–Trinajstić information content (AvgIpc) is 3.41. The van der Waals surface area contributed by atoms with E-state index < -0.39 is 0 Å². The summed E-state index contributed by atoms with van der Waals surface area (Å²) >= 11 is 1.89. The molecule has 0 amide bonds. The van der Waals surface area contributed by atoms with Crippen molar-refractivity contribution < 1.29 is 0 Å². The highest BCUT2D eigenvalue weighted by molar-refractivity contribution is 7.26. The van der Waals surface area contributed by atoms with Crippen molar-refractivity contribution in [3.8, 4) is 22.3 Å². The van der Waals surface area contributed by atoms with Gasteiger partial charge in [-0.2, -0.15) is 0 Å². The molecule has 7 aromatic rings. The lowest BCUT2D eigenvalue weighted by molar-refractivity contribution is 1.54. The number of aromatic amines is 1. The number of hydrogen-bond acceptors (Lipinski definition) is 1. The monoisotopic (exact) mass is 425 g/mol. The van der Waals surface area contributed by atoms with Crippen LogP contribution in [0, 0.1) is 0 Å². The highest BCUT2D eigenvalue weighted by Crippen LogP contribution is 2.41. The number of benzene rings is 5. The van der Waals surface area contributed by atoms with Crippen LogP contribution in [0.5, 0.6) is 0 Å². The van der Waals surface area contributed by atoms with Crippen LogP contribution >= 0.6 is 11.3 Å². The Morgan fingerprint density at radius 1 is 0.469 bits per heavy atom. The van der Waals surface area contributed by atoms with Gasteiger partial charge in [0.2, 0.25) is 0 Å². The number of para-hydroxylation sites is 1. The topological polar surface area (TPSA) is 15.8 Å². The summed E-state index contributed by atoms with van der Waals surface area (Å²) in [6.07, 6.45) is 0. The lowest BCUT2D eigenvalue weighted by Crippen LogP contribution is -1.78. The second kappa shape index (κ2) is 6.81. The van der Waals surface area contributed by atoms with E-state index in [1.54, 1.807) is 0 Å². The van der Waals surface area contributed by atoms with Crippen molar-refractivity contribution in [2.24, 2.45) is 0 Å². The van der Waals surface area contributed by atoms with E-state index in [0.717, 1.165) is 0 Å². The minimum atomic E-state index is 1.19. The summed E-state index contributed by atoms with van der Waals surface area (Å²) < 4.78 is 2.69. The Bertz CT molecular complexity index is 1770. The van der Waals surface area contributed by atoms with Crippen LogP contribution in [0.1, 0.15) is 0 Å². The molecule has 2 heteroatoms. The number of thiophene rings is 1. The Balaban J connectivity index is 1.41. The van der Waals surface area contributed by atoms with E-state index >= 15 is 0 Å². The smallest absolute Gasteiger partial charge is 0.0471 e. The third kappa shape index (κ3) is 2.63. The van der Waals surface area contributed by atoms with E-state index in [9.17, 15) is 0 Å². The van der Waals surface area contributed by atoms with Crippen LogP contribution < -0.4 is 0 Å². The molecule has 0 unspecified atom stereocenters. The lowest BCUT2D eigenvalue weighted by Gasteiger charge is -2.03. The first-order valence-corrected chi connectivity index (χ1v) is 11.7. The Morgan fingerprint density at radius 2 is 1.19 bits per heavy atom. The number of aromatic nitrogens is 1. The third-order valence-corrected chi connectivity index (χ3v) is 7.62. The molecule has 0 spiro atoms. The molecule has 0 aliphatic rings. The van der Waals surface area contributed by atoms with E-state index in [4.69, 9.17) is 0 Å². The largest absolute Gasteiger partial charge is 0.354 e. The Hall–Kier alpha value is -3.88. The molecule has 1 nitrogen and oxygen atoms in total. The maximum Gasteiger partial charge on any atom is 0.0471 e. The molecule has 0 fully saturated rings. The SMILES string of the molecule is c1ccc(-c2cccc3c2sc2cc(-c4ccc5c(c4)[nH]c4ccccc45)ccc23)cc1. The van der Waals surface area contributed by atoms with Crippen LogP contribution in [-0.2, 0) is 0 Å². The number of H-pyrrole nitrogens is 1. The average molecular weight is 426 g/mol. The molecular formula is C30H19NS. The Kier molecular flexibility index (Phi) is 3.78. The van der Waals surface area contributed by atoms with Crippen LogP contribution in [0.2, 0.25) is 0 Å². The van der Waals surface area contributed by atoms with Gasteiger partial charge in [0, 0.05) is 42.0 Å². The molecule has 0 saturated carbocycles. The predicted molar refractivity (Wildman–Crippen MR) is 140 cm³/mol. The molecule has 0 bridgehead atoms. The van der Waals surface area contributed by atoms with Crippen LogP contribution in [-0.4, -0.2) is 4.98 Å². The summed E-state index contributed by atoms with van der Waals surface area (Å²) in [6, 6.07) is 39.5. The van der Waals surface area contributed by atoms with Gasteiger partial charge in [0.15, 0.2) is 0 Å². The molecule has 0 saturated heterocycles. The van der Waals surface area contributed by atoms with Crippen molar-refractivity contribution in [1.29, 1.82) is 0 Å². The summed E-state index contributed by atoms with van der Waals surface area (Å²) in [4.78, 5) is 3.58. The lowest BCUT2D eigenvalue weighted by atomic mass is 10.0. The summed E-state index contributed by atoms with van der Waals surface area (Å²) in [7, 11) is 0. The molecule has 5 aromatic carbocycles. The fourth-order valence-corrected chi connectivity index (χ4v) is 6.13. The van der Waals surface area contributed by atoms with Crippen molar-refractivity contribution in [2.75, 3.05) is 0 Å². The minimum absolute atomic E-state index is 1.19. The molecule has 0 radical (unpaired) electrons. The number of hydrogen-bond donors (Lipinski definition) is 1. The fraction of sp³-hybridized carbons (Fsp3) is 0. The van der Waals surface area contributed by atoms with Gasteiger partial charge in [-0.15, -0.1) is 11.3 Å². The zero-order valence-electron chi connectivity index (χ0n) is 17.3. The van der Waals surface area contributed by atoms with Gasteiger partial charge in [0.1, 0.15) is 0 Å². The second-order valence-electron chi connectivity index (χ2n) is 8.29. The molecule has 7 rings (SSSR count). The van der Waals surface area contributed by atoms with Crippen molar-refractivity contribution >= 4 is 53.3 Å². The van der Waals surface area contributed by atoms with Crippen LogP contribution in [0.3, 0.4) is 0 Å². The van der Waals surface area contributed by atoms with Crippen molar-refractivity contribution in [2.45, 2.75) is 0 Å². The van der Waals surface area contributed by atoms with Crippen molar-refractivity contribution in [3.63, 3.8) is 0 Å². The third-order valence-electron chi connectivity index (χ3n) is 6.42. The summed E-state index contributed by atoms with van der Waals surface area (Å²) in [5, 5.41) is 5.23. The molecule has 0 atom stereocenters. The molecule has 0 aliphatic carbocycles. The van der Waals surface area contributed by atoms with Gasteiger partial charge >= 0.3 is 0 Å². The highest BCUT2D eigenvalue weighted by Gasteiger charge is 2.12. The van der Waals surface area contributed by atoms with Crippen molar-refractivity contribution in [3.05, 3.63) is 109 Å². The van der Waals surface area contributed by atoms with E-state index in [1.165, 1.54) is 64.2 Å².